The normalized spacial score (nSPS) is 12.6. The number of ether oxygens (including phenoxy) is 1. The molecule has 0 aliphatic rings. The molecular formula is C16H22ClNO5. The maximum atomic E-state index is 11.8. The molecule has 0 bridgehead atoms. The largest absolute Gasteiger partial charge is 0.508 e. The Labute approximate surface area is 140 Å². The molecular weight excluding hydrogens is 322 g/mol. The Balaban J connectivity index is 3.00. The van der Waals surface area contributed by atoms with Crippen molar-refractivity contribution in [2.75, 3.05) is 0 Å². The molecule has 0 fully saturated rings. The van der Waals surface area contributed by atoms with Crippen LogP contribution in [0.5, 0.6) is 5.75 Å². The second kappa shape index (κ2) is 7.08. The van der Waals surface area contributed by atoms with Crippen molar-refractivity contribution in [2.24, 2.45) is 0 Å². The number of carboxylic acid groups (broad SMARTS) is 1. The van der Waals surface area contributed by atoms with Gasteiger partial charge < -0.3 is 20.3 Å². The Hall–Kier alpha value is -1.95. The van der Waals surface area contributed by atoms with E-state index < -0.39 is 23.7 Å². The number of amides is 1. The van der Waals surface area contributed by atoms with E-state index in [0.717, 1.165) is 0 Å². The Bertz CT molecular complexity index is 622. The van der Waals surface area contributed by atoms with Crippen LogP contribution in [-0.4, -0.2) is 33.9 Å². The fraction of sp³-hybridized carbons (Fsp3) is 0.500. The van der Waals surface area contributed by atoms with E-state index in [1.807, 2.05) is 0 Å². The van der Waals surface area contributed by atoms with E-state index in [1.54, 1.807) is 34.6 Å². The zero-order valence-electron chi connectivity index (χ0n) is 13.9. The summed E-state index contributed by atoms with van der Waals surface area (Å²) in [6.07, 6.45) is -0.938. The predicted molar refractivity (Wildman–Crippen MR) is 87.1 cm³/mol. The molecule has 0 spiro atoms. The maximum absolute atomic E-state index is 11.8. The molecule has 23 heavy (non-hydrogen) atoms. The highest BCUT2D eigenvalue weighted by Crippen LogP contribution is 2.31. The first-order valence-electron chi connectivity index (χ1n) is 7.12. The van der Waals surface area contributed by atoms with E-state index in [1.165, 1.54) is 6.07 Å². The van der Waals surface area contributed by atoms with Crippen molar-refractivity contribution >= 4 is 23.7 Å². The van der Waals surface area contributed by atoms with E-state index in [-0.39, 0.29) is 12.2 Å². The highest BCUT2D eigenvalue weighted by atomic mass is 35.5. The molecule has 1 aromatic carbocycles. The van der Waals surface area contributed by atoms with Crippen LogP contribution in [0.25, 0.3) is 0 Å². The van der Waals surface area contributed by atoms with E-state index >= 15 is 0 Å². The van der Waals surface area contributed by atoms with Crippen molar-refractivity contribution < 1.29 is 24.5 Å². The summed E-state index contributed by atoms with van der Waals surface area (Å²) in [5, 5.41) is 22.1. The molecule has 0 heterocycles. The third-order valence-electron chi connectivity index (χ3n) is 3.19. The lowest BCUT2D eigenvalue weighted by atomic mass is 9.98. The number of halogens is 1. The van der Waals surface area contributed by atoms with Gasteiger partial charge in [0.2, 0.25) is 0 Å². The van der Waals surface area contributed by atoms with Gasteiger partial charge in [0.25, 0.3) is 0 Å². The molecule has 6 nitrogen and oxygen atoms in total. The molecule has 0 aliphatic carbocycles. The smallest absolute Gasteiger partial charge is 0.408 e. The summed E-state index contributed by atoms with van der Waals surface area (Å²) in [6, 6.07) is 0.227. The number of hydrogen-bond donors (Lipinski definition) is 3. The van der Waals surface area contributed by atoms with Crippen LogP contribution >= 0.6 is 11.6 Å². The van der Waals surface area contributed by atoms with Gasteiger partial charge in [-0.05, 0) is 51.8 Å². The standard InChI is InChI=1S/C16H22ClNO5/c1-8-6-12(19)10(9(2)13(8)17)7-11(14(20)21)18-15(22)23-16(3,4)5/h6,11,19H,7H2,1-5H3,(H,18,22)(H,20,21). The molecule has 0 saturated carbocycles. The summed E-state index contributed by atoms with van der Waals surface area (Å²) in [4.78, 5) is 23.2. The number of aliphatic carboxylic acids is 1. The summed E-state index contributed by atoms with van der Waals surface area (Å²) in [7, 11) is 0. The van der Waals surface area contributed by atoms with Gasteiger partial charge in [-0.15, -0.1) is 0 Å². The quantitative estimate of drug-likeness (QED) is 0.780. The average molecular weight is 344 g/mol. The first-order chi connectivity index (χ1) is 10.4. The predicted octanol–water partition coefficient (Wildman–Crippen LogP) is 3.18. The topological polar surface area (TPSA) is 95.9 Å². The van der Waals surface area contributed by atoms with Gasteiger partial charge in [-0.25, -0.2) is 9.59 Å². The van der Waals surface area contributed by atoms with Gasteiger partial charge in [0, 0.05) is 17.0 Å². The second-order valence-corrected chi connectivity index (χ2v) is 6.75. The number of carbonyl (C=O) groups is 2. The summed E-state index contributed by atoms with van der Waals surface area (Å²) in [6.45, 7) is 8.47. The van der Waals surface area contributed by atoms with E-state index in [0.29, 0.717) is 21.7 Å². The molecule has 0 aromatic heterocycles. The van der Waals surface area contributed by atoms with Gasteiger partial charge in [-0.2, -0.15) is 0 Å². The SMILES string of the molecule is Cc1cc(O)c(CC(NC(=O)OC(C)(C)C)C(=O)O)c(C)c1Cl. The Morgan fingerprint density at radius 2 is 1.91 bits per heavy atom. The fourth-order valence-corrected chi connectivity index (χ4v) is 2.26. The highest BCUT2D eigenvalue weighted by Gasteiger charge is 2.26. The molecule has 0 aliphatic heterocycles. The number of rotatable bonds is 4. The van der Waals surface area contributed by atoms with Crippen LogP contribution in [0.4, 0.5) is 4.79 Å². The molecule has 1 aromatic rings. The lowest BCUT2D eigenvalue weighted by molar-refractivity contribution is -0.139. The molecule has 3 N–H and O–H groups in total. The van der Waals surface area contributed by atoms with Crippen molar-refractivity contribution in [1.29, 1.82) is 0 Å². The minimum Gasteiger partial charge on any atom is -0.508 e. The molecule has 1 unspecified atom stereocenters. The van der Waals surface area contributed by atoms with Crippen LogP contribution in [0.15, 0.2) is 6.07 Å². The van der Waals surface area contributed by atoms with Gasteiger partial charge in [0.15, 0.2) is 0 Å². The molecule has 128 valence electrons. The van der Waals surface area contributed by atoms with Crippen molar-refractivity contribution in [3.05, 3.63) is 27.8 Å². The summed E-state index contributed by atoms with van der Waals surface area (Å²) in [5.41, 5.74) is 0.918. The summed E-state index contributed by atoms with van der Waals surface area (Å²) < 4.78 is 5.06. The van der Waals surface area contributed by atoms with Crippen molar-refractivity contribution in [1.82, 2.24) is 5.32 Å². The number of carbonyl (C=O) groups excluding carboxylic acids is 1. The van der Waals surface area contributed by atoms with E-state index in [4.69, 9.17) is 16.3 Å². The van der Waals surface area contributed by atoms with E-state index in [9.17, 15) is 19.8 Å². The third-order valence-corrected chi connectivity index (χ3v) is 3.77. The molecule has 0 saturated heterocycles. The van der Waals surface area contributed by atoms with Crippen LogP contribution in [0.3, 0.4) is 0 Å². The zero-order valence-corrected chi connectivity index (χ0v) is 14.6. The molecule has 7 heteroatoms. The van der Waals surface area contributed by atoms with Gasteiger partial charge in [-0.1, -0.05) is 11.6 Å². The Kier molecular flexibility index (Phi) is 5.88. The first-order valence-corrected chi connectivity index (χ1v) is 7.50. The molecule has 1 amide bonds. The number of carboxylic acids is 1. The molecule has 1 rings (SSSR count). The Morgan fingerprint density at radius 3 is 2.39 bits per heavy atom. The summed E-state index contributed by atoms with van der Waals surface area (Å²) >= 11 is 6.14. The van der Waals surface area contributed by atoms with Gasteiger partial charge in [-0.3, -0.25) is 0 Å². The van der Waals surface area contributed by atoms with Gasteiger partial charge >= 0.3 is 12.1 Å². The van der Waals surface area contributed by atoms with Crippen LogP contribution in [-0.2, 0) is 16.0 Å². The number of alkyl carbamates (subject to hydrolysis) is 1. The second-order valence-electron chi connectivity index (χ2n) is 6.37. The number of aryl methyl sites for hydroxylation is 1. The first kappa shape index (κ1) is 19.1. The van der Waals surface area contributed by atoms with Crippen molar-refractivity contribution in [3.63, 3.8) is 0 Å². The average Bonchev–Trinajstić information content (AvgIpc) is 2.37. The lowest BCUT2D eigenvalue weighted by Crippen LogP contribution is -2.44. The molecule has 1 atom stereocenters. The third kappa shape index (κ3) is 5.32. The van der Waals surface area contributed by atoms with Crippen LogP contribution in [0.2, 0.25) is 5.02 Å². The number of benzene rings is 1. The number of phenolic OH excluding ortho intramolecular Hbond substituents is 1. The highest BCUT2D eigenvalue weighted by molar-refractivity contribution is 6.32. The maximum Gasteiger partial charge on any atom is 0.408 e. The van der Waals surface area contributed by atoms with Crippen molar-refractivity contribution in [3.8, 4) is 5.75 Å². The summed E-state index contributed by atoms with van der Waals surface area (Å²) in [5.74, 6) is -1.28. The number of nitrogens with one attached hydrogen (secondary N) is 1. The minimum absolute atomic E-state index is 0.0540. The Morgan fingerprint density at radius 1 is 1.35 bits per heavy atom. The minimum atomic E-state index is -1.24. The number of phenols is 1. The van der Waals surface area contributed by atoms with Crippen LogP contribution in [0, 0.1) is 13.8 Å². The fourth-order valence-electron chi connectivity index (χ4n) is 2.09. The number of aromatic hydroxyl groups is 1. The lowest BCUT2D eigenvalue weighted by Gasteiger charge is -2.22. The van der Waals surface area contributed by atoms with Crippen molar-refractivity contribution in [2.45, 2.75) is 52.7 Å². The van der Waals surface area contributed by atoms with E-state index in [2.05, 4.69) is 5.32 Å². The van der Waals surface area contributed by atoms with Gasteiger partial charge in [0.1, 0.15) is 17.4 Å². The number of hydrogen-bond acceptors (Lipinski definition) is 4. The van der Waals surface area contributed by atoms with Gasteiger partial charge in [0.05, 0.1) is 0 Å². The molecule has 0 radical (unpaired) electrons. The van der Waals surface area contributed by atoms with Crippen LogP contribution < -0.4 is 5.32 Å². The van der Waals surface area contributed by atoms with Crippen LogP contribution in [0.1, 0.15) is 37.5 Å². The zero-order chi connectivity index (χ0) is 17.9. The monoisotopic (exact) mass is 343 g/mol.